The minimum absolute atomic E-state index is 0.0199. The summed E-state index contributed by atoms with van der Waals surface area (Å²) in [7, 11) is 1.44. The van der Waals surface area contributed by atoms with Crippen molar-refractivity contribution in [3.63, 3.8) is 0 Å². The molecule has 406 valence electrons. The number of rotatable bonds is 50. The number of hydrogen-bond acceptors (Lipinski definition) is 7. The zero-order valence-corrected chi connectivity index (χ0v) is 46.8. The lowest BCUT2D eigenvalue weighted by molar-refractivity contribution is -0.870. The first-order valence-electron chi connectivity index (χ1n) is 28.1. The van der Waals surface area contributed by atoms with Crippen molar-refractivity contribution in [2.45, 2.75) is 219 Å². The highest BCUT2D eigenvalue weighted by Gasteiger charge is 2.27. The van der Waals surface area contributed by atoms with Crippen molar-refractivity contribution in [3.05, 3.63) is 109 Å². The van der Waals surface area contributed by atoms with Crippen LogP contribution in [-0.4, -0.2) is 74.9 Å². The van der Waals surface area contributed by atoms with Gasteiger partial charge in [0, 0.05) is 12.8 Å². The van der Waals surface area contributed by atoms with Gasteiger partial charge in [0.25, 0.3) is 0 Å². The Morgan fingerprint density at radius 3 is 1.21 bits per heavy atom. The summed E-state index contributed by atoms with van der Waals surface area (Å²) in [6, 6.07) is 0. The van der Waals surface area contributed by atoms with Crippen LogP contribution in [0.4, 0.5) is 0 Å². The highest BCUT2D eigenvalue weighted by atomic mass is 31.2. The van der Waals surface area contributed by atoms with E-state index >= 15 is 0 Å². The maximum Gasteiger partial charge on any atom is 0.472 e. The molecule has 0 aliphatic heterocycles. The number of esters is 2. The second kappa shape index (κ2) is 51.6. The summed E-state index contributed by atoms with van der Waals surface area (Å²) in [4.78, 5) is 35.6. The van der Waals surface area contributed by atoms with E-state index < -0.39 is 26.5 Å². The van der Waals surface area contributed by atoms with E-state index in [1.54, 1.807) is 0 Å². The van der Waals surface area contributed by atoms with Crippen LogP contribution in [0.3, 0.4) is 0 Å². The summed E-state index contributed by atoms with van der Waals surface area (Å²) in [6.07, 6.45) is 71.5. The lowest BCUT2D eigenvalue weighted by Gasteiger charge is -2.24. The zero-order valence-electron chi connectivity index (χ0n) is 45.9. The maximum atomic E-state index is 12.8. The molecule has 0 bridgehead atoms. The number of nitrogens with zero attached hydrogens (tertiary/aromatic N) is 1. The van der Waals surface area contributed by atoms with Crippen LogP contribution in [-0.2, 0) is 32.7 Å². The van der Waals surface area contributed by atoms with E-state index in [-0.39, 0.29) is 32.0 Å². The van der Waals surface area contributed by atoms with Crippen molar-refractivity contribution in [1.29, 1.82) is 0 Å². The van der Waals surface area contributed by atoms with Gasteiger partial charge in [0.2, 0.25) is 0 Å². The Morgan fingerprint density at radius 2 is 0.803 bits per heavy atom. The SMILES string of the molecule is CC/C=C\C/C=C\C/C=C\C/C=C\C/C=C\C/C=C\C/C=C\C/C=C\CCCCCCC(=O)OC(COC(=O)CCCCCCCCC/C=C\CCCCCCCCC)COP(=O)(O)OCC[N+](C)(C)C. The van der Waals surface area contributed by atoms with Crippen LogP contribution in [0, 0.1) is 0 Å². The van der Waals surface area contributed by atoms with Crippen LogP contribution in [0.5, 0.6) is 0 Å². The first kappa shape index (κ1) is 67.7. The van der Waals surface area contributed by atoms with Gasteiger partial charge in [-0.1, -0.05) is 207 Å². The molecule has 0 saturated carbocycles. The Labute approximate surface area is 436 Å². The van der Waals surface area contributed by atoms with Crippen molar-refractivity contribution in [2.75, 3.05) is 47.5 Å². The van der Waals surface area contributed by atoms with Crippen molar-refractivity contribution in [1.82, 2.24) is 0 Å². The molecule has 0 spiro atoms. The fraction of sp³-hybridized carbons (Fsp3) is 0.672. The molecule has 1 N–H and O–H groups in total. The summed E-state index contributed by atoms with van der Waals surface area (Å²) in [6.45, 7) is 4.27. The number of quaternary nitrogens is 1. The molecule has 0 amide bonds. The molecule has 0 saturated heterocycles. The maximum absolute atomic E-state index is 12.8. The summed E-state index contributed by atoms with van der Waals surface area (Å²) < 4.78 is 34.5. The predicted molar refractivity (Wildman–Crippen MR) is 302 cm³/mol. The van der Waals surface area contributed by atoms with Crippen molar-refractivity contribution in [3.8, 4) is 0 Å². The van der Waals surface area contributed by atoms with Gasteiger partial charge >= 0.3 is 19.8 Å². The van der Waals surface area contributed by atoms with E-state index in [2.05, 4.69) is 123 Å². The van der Waals surface area contributed by atoms with E-state index in [0.29, 0.717) is 17.4 Å². The van der Waals surface area contributed by atoms with Gasteiger partial charge in [-0.2, -0.15) is 0 Å². The van der Waals surface area contributed by atoms with Gasteiger partial charge in [-0.15, -0.1) is 0 Å². The van der Waals surface area contributed by atoms with Crippen LogP contribution in [0.2, 0.25) is 0 Å². The van der Waals surface area contributed by atoms with Gasteiger partial charge in [-0.25, -0.2) is 4.57 Å². The number of hydrogen-bond donors (Lipinski definition) is 1. The molecule has 0 aromatic rings. The standard InChI is InChI=1S/C61H104NO8P/c1-6-8-10-12-14-16-18-20-22-24-26-27-28-29-30-31-32-33-34-35-36-38-40-42-44-46-48-50-52-54-61(64)70-59(58-69-71(65,66)68-56-55-62(3,4)5)57-67-60(63)53-51-49-47-45-43-41-39-37-25-23-21-19-17-15-13-11-9-7-2/h8,10,14,16,20,22-23,25-27,29-30,32-33,35-36,40,42,59H,6-7,9,11-13,15,17-19,21,24,28,31,34,37-39,41,43-58H2,1-5H3/p+1/b10-8-,16-14-,22-20-,25-23-,27-26-,30-29-,33-32-,36-35-,42-40-. The zero-order chi connectivity index (χ0) is 52.0. The Bertz CT molecular complexity index is 1570. The number of phosphoric ester groups is 1. The van der Waals surface area contributed by atoms with Gasteiger partial charge in [0.15, 0.2) is 6.10 Å². The second-order valence-corrected chi connectivity index (χ2v) is 21.0. The molecule has 71 heavy (non-hydrogen) atoms. The monoisotopic (exact) mass is 1010 g/mol. The molecular weight excluding hydrogens is 906 g/mol. The first-order valence-corrected chi connectivity index (χ1v) is 29.6. The molecule has 0 radical (unpaired) electrons. The van der Waals surface area contributed by atoms with Crippen LogP contribution < -0.4 is 0 Å². The lowest BCUT2D eigenvalue weighted by atomic mass is 10.1. The molecule has 0 aromatic heterocycles. The highest BCUT2D eigenvalue weighted by molar-refractivity contribution is 7.47. The summed E-state index contributed by atoms with van der Waals surface area (Å²) in [5.74, 6) is -0.838. The second-order valence-electron chi connectivity index (χ2n) is 19.6. The number of unbranched alkanes of at least 4 members (excludes halogenated alkanes) is 18. The van der Waals surface area contributed by atoms with Crippen molar-refractivity contribution in [2.24, 2.45) is 0 Å². The van der Waals surface area contributed by atoms with Gasteiger partial charge in [-0.3, -0.25) is 18.6 Å². The Kier molecular flexibility index (Phi) is 49.1. The average Bonchev–Trinajstić information content (AvgIpc) is 3.33. The highest BCUT2D eigenvalue weighted by Crippen LogP contribution is 2.43. The van der Waals surface area contributed by atoms with Gasteiger partial charge < -0.3 is 18.9 Å². The van der Waals surface area contributed by atoms with Crippen LogP contribution in [0.25, 0.3) is 0 Å². The molecule has 0 aliphatic rings. The number of phosphoric acid groups is 1. The molecule has 0 aliphatic carbocycles. The number of carbonyl (C=O) groups excluding carboxylic acids is 2. The normalized spacial score (nSPS) is 14.2. The summed E-state index contributed by atoms with van der Waals surface area (Å²) >= 11 is 0. The number of carbonyl (C=O) groups is 2. The number of allylic oxidation sites excluding steroid dienone is 18. The van der Waals surface area contributed by atoms with Gasteiger partial charge in [0.1, 0.15) is 19.8 Å². The molecule has 0 fully saturated rings. The lowest BCUT2D eigenvalue weighted by Crippen LogP contribution is -2.37. The van der Waals surface area contributed by atoms with Crippen LogP contribution >= 0.6 is 7.82 Å². The van der Waals surface area contributed by atoms with Crippen molar-refractivity contribution >= 4 is 19.8 Å². The molecule has 0 rings (SSSR count). The Hall–Kier alpha value is -3.33. The van der Waals surface area contributed by atoms with Crippen LogP contribution in [0.15, 0.2) is 109 Å². The predicted octanol–water partition coefficient (Wildman–Crippen LogP) is 17.4. The Morgan fingerprint density at radius 1 is 0.451 bits per heavy atom. The third-order valence-corrected chi connectivity index (χ3v) is 12.5. The van der Waals surface area contributed by atoms with Gasteiger partial charge in [0.05, 0.1) is 27.7 Å². The molecule has 2 unspecified atom stereocenters. The average molecular weight is 1010 g/mol. The fourth-order valence-electron chi connectivity index (χ4n) is 7.20. The third kappa shape index (κ3) is 55.8. The largest absolute Gasteiger partial charge is 0.472 e. The molecule has 9 nitrogen and oxygen atoms in total. The third-order valence-electron chi connectivity index (χ3n) is 11.5. The minimum Gasteiger partial charge on any atom is -0.462 e. The van der Waals surface area contributed by atoms with E-state index in [1.165, 1.54) is 70.6 Å². The quantitative estimate of drug-likeness (QED) is 0.0211. The smallest absolute Gasteiger partial charge is 0.462 e. The Balaban J connectivity index is 4.30. The molecule has 2 atom stereocenters. The van der Waals surface area contributed by atoms with Gasteiger partial charge in [-0.05, 0) is 103 Å². The molecule has 0 aromatic carbocycles. The molecular formula is C61H105NO8P+. The number of likely N-dealkylation sites (N-methyl/N-ethyl adjacent to an activating group) is 1. The van der Waals surface area contributed by atoms with E-state index in [4.69, 9.17) is 18.5 Å². The number of ether oxygens (including phenoxy) is 2. The van der Waals surface area contributed by atoms with E-state index in [1.807, 2.05) is 21.1 Å². The topological polar surface area (TPSA) is 108 Å². The first-order chi connectivity index (χ1) is 34.5. The fourth-order valence-corrected chi connectivity index (χ4v) is 7.94. The van der Waals surface area contributed by atoms with Crippen molar-refractivity contribution < 1.29 is 42.1 Å². The summed E-state index contributed by atoms with van der Waals surface area (Å²) in [5.41, 5.74) is 0. The van der Waals surface area contributed by atoms with E-state index in [0.717, 1.165) is 109 Å². The minimum atomic E-state index is -4.40. The summed E-state index contributed by atoms with van der Waals surface area (Å²) in [5, 5.41) is 0. The molecule has 10 heteroatoms. The van der Waals surface area contributed by atoms with E-state index in [9.17, 15) is 19.0 Å². The molecule has 0 heterocycles. The van der Waals surface area contributed by atoms with Crippen LogP contribution in [0.1, 0.15) is 213 Å².